The van der Waals surface area contributed by atoms with Crippen molar-refractivity contribution in [1.82, 2.24) is 0 Å². The molecule has 0 spiro atoms. The van der Waals surface area contributed by atoms with E-state index in [2.05, 4.69) is 39.2 Å². The van der Waals surface area contributed by atoms with Gasteiger partial charge in [0.25, 0.3) is 0 Å². The summed E-state index contributed by atoms with van der Waals surface area (Å²) in [5, 5.41) is 10.4. The van der Waals surface area contributed by atoms with Gasteiger partial charge in [-0.1, -0.05) is 55.5 Å². The predicted molar refractivity (Wildman–Crippen MR) is 97.2 cm³/mol. The van der Waals surface area contributed by atoms with E-state index >= 15 is 0 Å². The molecule has 23 heavy (non-hydrogen) atoms. The first-order chi connectivity index (χ1) is 11.0. The third-order valence-corrected chi connectivity index (χ3v) is 3.84. The molecule has 1 rings (SSSR count). The Morgan fingerprint density at radius 1 is 1.30 bits per heavy atom. The van der Waals surface area contributed by atoms with Crippen LogP contribution in [0, 0.1) is 5.92 Å². The molecule has 0 aliphatic carbocycles. The summed E-state index contributed by atoms with van der Waals surface area (Å²) >= 11 is 0. The smallest absolute Gasteiger partial charge is 0.0849 e. The van der Waals surface area contributed by atoms with E-state index in [1.165, 1.54) is 5.57 Å². The summed E-state index contributed by atoms with van der Waals surface area (Å²) in [6.07, 6.45) is 4.59. The molecule has 1 aromatic rings. The van der Waals surface area contributed by atoms with Gasteiger partial charge in [-0.25, -0.2) is 0 Å². The van der Waals surface area contributed by atoms with E-state index in [1.807, 2.05) is 30.3 Å². The van der Waals surface area contributed by atoms with Crippen LogP contribution in [0.25, 0.3) is 0 Å². The van der Waals surface area contributed by atoms with Crippen LogP contribution in [-0.4, -0.2) is 17.8 Å². The Labute approximate surface area is 141 Å². The average molecular weight is 314 g/mol. The highest BCUT2D eigenvalue weighted by Crippen LogP contribution is 2.18. The maximum Gasteiger partial charge on any atom is 0.0849 e. The lowest BCUT2D eigenvalue weighted by molar-refractivity contribution is 0.108. The molecule has 0 saturated carbocycles. The molecule has 0 heterocycles. The molecule has 0 amide bonds. The summed E-state index contributed by atoms with van der Waals surface area (Å²) in [4.78, 5) is 0. The van der Waals surface area contributed by atoms with Crippen molar-refractivity contribution in [2.24, 2.45) is 5.92 Å². The largest absolute Gasteiger partial charge is 0.388 e. The van der Waals surface area contributed by atoms with Crippen LogP contribution in [0.4, 0.5) is 0 Å². The van der Waals surface area contributed by atoms with E-state index in [0.717, 1.165) is 30.4 Å². The summed E-state index contributed by atoms with van der Waals surface area (Å²) in [6, 6.07) is 10.0. The van der Waals surface area contributed by atoms with Crippen LogP contribution in [0.1, 0.15) is 45.6 Å². The van der Waals surface area contributed by atoms with Crippen LogP contribution < -0.4 is 0 Å². The molecule has 0 aliphatic rings. The van der Waals surface area contributed by atoms with Crippen molar-refractivity contribution < 1.29 is 9.84 Å². The summed E-state index contributed by atoms with van der Waals surface area (Å²) < 4.78 is 5.68. The standard InChI is InChI=1S/C21H30O2/c1-5-20(16-23-15-19-12-7-6-8-13-19)21(22)14-18(4)11-9-10-17(2)3/h6-8,10,12-13,18,21-22H,1,9,11,14-16H2,2-4H3. The second-order valence-corrected chi connectivity index (χ2v) is 6.40. The van der Waals surface area contributed by atoms with Crippen LogP contribution in [0.3, 0.4) is 0 Å². The van der Waals surface area contributed by atoms with Gasteiger partial charge in [-0.2, -0.15) is 0 Å². The highest BCUT2D eigenvalue weighted by Gasteiger charge is 2.14. The second kappa shape index (κ2) is 11.0. The quantitative estimate of drug-likeness (QED) is 0.484. The van der Waals surface area contributed by atoms with E-state index in [-0.39, 0.29) is 0 Å². The topological polar surface area (TPSA) is 29.5 Å². The van der Waals surface area contributed by atoms with Crippen molar-refractivity contribution in [2.75, 3.05) is 6.61 Å². The number of ether oxygens (including phenoxy) is 1. The SMILES string of the molecule is C=C=C(COCc1ccccc1)C(O)CC(C)CCC=C(C)C. The Balaban J connectivity index is 2.35. The second-order valence-electron chi connectivity index (χ2n) is 6.40. The lowest BCUT2D eigenvalue weighted by atomic mass is 9.94. The fraction of sp³-hybridized carbons (Fsp3) is 0.476. The molecule has 1 aromatic carbocycles. The van der Waals surface area contributed by atoms with Crippen molar-refractivity contribution in [3.63, 3.8) is 0 Å². The van der Waals surface area contributed by atoms with E-state index in [1.54, 1.807) is 0 Å². The number of benzene rings is 1. The van der Waals surface area contributed by atoms with Crippen molar-refractivity contribution in [3.8, 4) is 0 Å². The van der Waals surface area contributed by atoms with Gasteiger partial charge in [-0.3, -0.25) is 0 Å². The van der Waals surface area contributed by atoms with Gasteiger partial charge in [0.15, 0.2) is 0 Å². The van der Waals surface area contributed by atoms with Gasteiger partial charge in [-0.05, 0) is 44.6 Å². The third kappa shape index (κ3) is 8.56. The number of hydrogen-bond donors (Lipinski definition) is 1. The first kappa shape index (κ1) is 19.4. The van der Waals surface area contributed by atoms with Crippen LogP contribution in [0.2, 0.25) is 0 Å². The molecule has 1 N–H and O–H groups in total. The Bertz CT molecular complexity index is 520. The fourth-order valence-electron chi connectivity index (χ4n) is 2.42. The predicted octanol–water partition coefficient (Wildman–Crippen LogP) is 5.05. The maximum absolute atomic E-state index is 10.4. The maximum atomic E-state index is 10.4. The van der Waals surface area contributed by atoms with Crippen LogP contribution in [0.5, 0.6) is 0 Å². The Kier molecular flexibility index (Phi) is 9.31. The molecular formula is C21H30O2. The summed E-state index contributed by atoms with van der Waals surface area (Å²) in [7, 11) is 0. The third-order valence-electron chi connectivity index (χ3n) is 3.84. The molecule has 0 aliphatic heterocycles. The molecule has 126 valence electrons. The molecule has 0 saturated heterocycles. The minimum Gasteiger partial charge on any atom is -0.388 e. The van der Waals surface area contributed by atoms with Gasteiger partial charge in [0.2, 0.25) is 0 Å². The van der Waals surface area contributed by atoms with Crippen molar-refractivity contribution in [1.29, 1.82) is 0 Å². The lowest BCUT2D eigenvalue weighted by Crippen LogP contribution is -2.17. The highest BCUT2D eigenvalue weighted by atomic mass is 16.5. The van der Waals surface area contributed by atoms with E-state index in [0.29, 0.717) is 19.1 Å². The molecule has 0 fully saturated rings. The molecule has 2 unspecified atom stereocenters. The van der Waals surface area contributed by atoms with Crippen LogP contribution in [0.15, 0.2) is 59.9 Å². The van der Waals surface area contributed by atoms with Crippen molar-refractivity contribution >= 4 is 0 Å². The van der Waals surface area contributed by atoms with Crippen molar-refractivity contribution in [2.45, 2.75) is 52.7 Å². The van der Waals surface area contributed by atoms with Gasteiger partial charge in [0, 0.05) is 5.57 Å². The minimum absolute atomic E-state index is 0.375. The van der Waals surface area contributed by atoms with Gasteiger partial charge in [0.05, 0.1) is 19.3 Å². The van der Waals surface area contributed by atoms with E-state index < -0.39 is 6.10 Å². The molecular weight excluding hydrogens is 284 g/mol. The molecule has 2 heteroatoms. The van der Waals surface area contributed by atoms with E-state index in [4.69, 9.17) is 4.74 Å². The fourth-order valence-corrected chi connectivity index (χ4v) is 2.42. The van der Waals surface area contributed by atoms with Gasteiger partial charge < -0.3 is 9.84 Å². The minimum atomic E-state index is -0.523. The highest BCUT2D eigenvalue weighted by molar-refractivity contribution is 5.14. The van der Waals surface area contributed by atoms with Crippen LogP contribution >= 0.6 is 0 Å². The summed E-state index contributed by atoms with van der Waals surface area (Å²) in [5.74, 6) is 0.457. The molecule has 0 radical (unpaired) electrons. The molecule has 0 aromatic heterocycles. The van der Waals surface area contributed by atoms with Crippen LogP contribution in [-0.2, 0) is 11.3 Å². The molecule has 0 bridgehead atoms. The van der Waals surface area contributed by atoms with Gasteiger partial charge in [-0.15, -0.1) is 5.73 Å². The number of aliphatic hydroxyl groups is 1. The lowest BCUT2D eigenvalue weighted by Gasteiger charge is -2.18. The number of allylic oxidation sites excluding steroid dienone is 2. The monoisotopic (exact) mass is 314 g/mol. The number of rotatable bonds is 10. The zero-order valence-electron chi connectivity index (χ0n) is 14.7. The molecule has 2 atom stereocenters. The number of hydrogen-bond acceptors (Lipinski definition) is 2. The first-order valence-corrected chi connectivity index (χ1v) is 8.34. The van der Waals surface area contributed by atoms with Gasteiger partial charge >= 0.3 is 0 Å². The molecule has 2 nitrogen and oxygen atoms in total. The average Bonchev–Trinajstić information content (AvgIpc) is 2.52. The normalized spacial score (nSPS) is 13.0. The van der Waals surface area contributed by atoms with Crippen molar-refractivity contribution in [3.05, 3.63) is 65.4 Å². The Morgan fingerprint density at radius 3 is 2.61 bits per heavy atom. The zero-order valence-corrected chi connectivity index (χ0v) is 14.7. The van der Waals surface area contributed by atoms with Gasteiger partial charge in [0.1, 0.15) is 0 Å². The number of aliphatic hydroxyl groups excluding tert-OH is 1. The first-order valence-electron chi connectivity index (χ1n) is 8.34. The Morgan fingerprint density at radius 2 is 2.00 bits per heavy atom. The zero-order chi connectivity index (χ0) is 17.1. The Hall–Kier alpha value is -1.60. The summed E-state index contributed by atoms with van der Waals surface area (Å²) in [5.41, 5.74) is 6.06. The van der Waals surface area contributed by atoms with E-state index in [9.17, 15) is 5.11 Å². The summed E-state index contributed by atoms with van der Waals surface area (Å²) in [6.45, 7) is 11.0.